The second-order valence-electron chi connectivity index (χ2n) is 4.50. The Labute approximate surface area is 108 Å². The number of methoxy groups -OCH3 is 1. The molecule has 0 radical (unpaired) electrons. The SMILES string of the molecule is COC1C(CCCS)CC(=O)N1CCC(C)=O. The Bertz CT molecular complexity index is 283. The van der Waals surface area contributed by atoms with Crippen molar-refractivity contribution in [1.82, 2.24) is 4.90 Å². The molecule has 1 rings (SSSR count). The molecule has 0 aliphatic carbocycles. The van der Waals surface area contributed by atoms with Gasteiger partial charge in [-0.2, -0.15) is 12.6 Å². The van der Waals surface area contributed by atoms with E-state index in [1.165, 1.54) is 0 Å². The topological polar surface area (TPSA) is 46.6 Å². The summed E-state index contributed by atoms with van der Waals surface area (Å²) in [6.07, 6.45) is 2.71. The first-order valence-electron chi connectivity index (χ1n) is 6.02. The van der Waals surface area contributed by atoms with E-state index in [-0.39, 0.29) is 23.8 Å². The zero-order valence-corrected chi connectivity index (χ0v) is 11.4. The summed E-state index contributed by atoms with van der Waals surface area (Å²) in [7, 11) is 1.62. The number of thiol groups is 1. The summed E-state index contributed by atoms with van der Waals surface area (Å²) in [4.78, 5) is 24.5. The van der Waals surface area contributed by atoms with E-state index in [0.717, 1.165) is 18.6 Å². The maximum absolute atomic E-state index is 11.8. The molecule has 2 atom stereocenters. The molecule has 0 spiro atoms. The summed E-state index contributed by atoms with van der Waals surface area (Å²) in [5, 5.41) is 0. The van der Waals surface area contributed by atoms with Crippen LogP contribution in [0.2, 0.25) is 0 Å². The first kappa shape index (κ1) is 14.5. The van der Waals surface area contributed by atoms with Crippen LogP contribution in [0.25, 0.3) is 0 Å². The van der Waals surface area contributed by atoms with Crippen LogP contribution in [0.1, 0.15) is 32.6 Å². The molecular formula is C12H21NO3S. The molecule has 1 fully saturated rings. The van der Waals surface area contributed by atoms with E-state index in [1.54, 1.807) is 18.9 Å². The highest BCUT2D eigenvalue weighted by Crippen LogP contribution is 2.30. The predicted molar refractivity (Wildman–Crippen MR) is 69.0 cm³/mol. The van der Waals surface area contributed by atoms with Gasteiger partial charge in [-0.3, -0.25) is 9.59 Å². The van der Waals surface area contributed by atoms with Gasteiger partial charge in [-0.15, -0.1) is 0 Å². The van der Waals surface area contributed by atoms with Crippen LogP contribution < -0.4 is 0 Å². The molecule has 0 aromatic rings. The number of carbonyl (C=O) groups is 2. The predicted octanol–water partition coefficient (Wildman–Crippen LogP) is 1.50. The standard InChI is InChI=1S/C12H21NO3S/c1-9(14)5-6-13-11(15)8-10(4-3-7-17)12(13)16-2/h10,12,17H,3-8H2,1-2H3. The number of ketones is 1. The van der Waals surface area contributed by atoms with Gasteiger partial charge in [0, 0.05) is 32.4 Å². The van der Waals surface area contributed by atoms with Crippen LogP contribution >= 0.6 is 12.6 Å². The van der Waals surface area contributed by atoms with Crippen LogP contribution in [0.5, 0.6) is 0 Å². The summed E-state index contributed by atoms with van der Waals surface area (Å²) in [5.74, 6) is 1.27. The zero-order valence-electron chi connectivity index (χ0n) is 10.5. The Morgan fingerprint density at radius 3 is 2.82 bits per heavy atom. The first-order valence-corrected chi connectivity index (χ1v) is 6.66. The number of nitrogens with zero attached hydrogens (tertiary/aromatic N) is 1. The number of rotatable bonds is 7. The lowest BCUT2D eigenvalue weighted by molar-refractivity contribution is -0.136. The zero-order chi connectivity index (χ0) is 12.8. The molecule has 5 heteroatoms. The van der Waals surface area contributed by atoms with Gasteiger partial charge >= 0.3 is 0 Å². The third-order valence-electron chi connectivity index (χ3n) is 3.15. The van der Waals surface area contributed by atoms with Crippen LogP contribution in [-0.4, -0.2) is 42.2 Å². The molecule has 98 valence electrons. The van der Waals surface area contributed by atoms with Crippen LogP contribution in [0.3, 0.4) is 0 Å². The molecular weight excluding hydrogens is 238 g/mol. The molecule has 0 bridgehead atoms. The van der Waals surface area contributed by atoms with Crippen molar-refractivity contribution in [2.45, 2.75) is 38.8 Å². The Kier molecular flexibility index (Phi) is 5.98. The average Bonchev–Trinajstić information content (AvgIpc) is 2.59. The number of hydrogen-bond donors (Lipinski definition) is 1. The van der Waals surface area contributed by atoms with E-state index < -0.39 is 0 Å². The minimum Gasteiger partial charge on any atom is -0.361 e. The molecule has 0 saturated carbocycles. The van der Waals surface area contributed by atoms with Crippen molar-refractivity contribution < 1.29 is 14.3 Å². The number of Topliss-reactive ketones (excluding diaryl/α,β-unsaturated/α-hetero) is 1. The normalized spacial score (nSPS) is 24.4. The van der Waals surface area contributed by atoms with Crippen molar-refractivity contribution in [3.8, 4) is 0 Å². The number of hydrogen-bond acceptors (Lipinski definition) is 4. The van der Waals surface area contributed by atoms with Crippen molar-refractivity contribution >= 4 is 24.3 Å². The maximum Gasteiger partial charge on any atom is 0.225 e. The van der Waals surface area contributed by atoms with Gasteiger partial charge < -0.3 is 9.64 Å². The van der Waals surface area contributed by atoms with Gasteiger partial charge in [0.15, 0.2) is 0 Å². The van der Waals surface area contributed by atoms with Crippen molar-refractivity contribution in [2.75, 3.05) is 19.4 Å². The van der Waals surface area contributed by atoms with Crippen molar-refractivity contribution in [1.29, 1.82) is 0 Å². The van der Waals surface area contributed by atoms with Crippen LogP contribution in [0, 0.1) is 5.92 Å². The van der Waals surface area contributed by atoms with Gasteiger partial charge in [0.2, 0.25) is 5.91 Å². The molecule has 0 aromatic heterocycles. The Balaban J connectivity index is 2.56. The first-order chi connectivity index (χ1) is 8.10. The quantitative estimate of drug-likeness (QED) is 0.705. The molecule has 0 N–H and O–H groups in total. The molecule has 1 aliphatic rings. The molecule has 1 heterocycles. The lowest BCUT2D eigenvalue weighted by Crippen LogP contribution is -2.38. The monoisotopic (exact) mass is 259 g/mol. The van der Waals surface area contributed by atoms with Crippen LogP contribution in [-0.2, 0) is 14.3 Å². The maximum atomic E-state index is 11.8. The van der Waals surface area contributed by atoms with Gasteiger partial charge in [0.1, 0.15) is 12.0 Å². The van der Waals surface area contributed by atoms with Crippen LogP contribution in [0.4, 0.5) is 0 Å². The van der Waals surface area contributed by atoms with E-state index in [0.29, 0.717) is 19.4 Å². The fraction of sp³-hybridized carbons (Fsp3) is 0.833. The van der Waals surface area contributed by atoms with Crippen molar-refractivity contribution in [2.24, 2.45) is 5.92 Å². The second-order valence-corrected chi connectivity index (χ2v) is 4.94. The second kappa shape index (κ2) is 7.01. The molecule has 1 saturated heterocycles. The van der Waals surface area contributed by atoms with Gasteiger partial charge in [-0.25, -0.2) is 0 Å². The highest BCUT2D eigenvalue weighted by atomic mass is 32.1. The fourth-order valence-corrected chi connectivity index (χ4v) is 2.47. The Morgan fingerprint density at radius 1 is 1.59 bits per heavy atom. The average molecular weight is 259 g/mol. The van der Waals surface area contributed by atoms with Gasteiger partial charge in [-0.05, 0) is 25.5 Å². The van der Waals surface area contributed by atoms with E-state index in [2.05, 4.69) is 12.6 Å². The summed E-state index contributed by atoms with van der Waals surface area (Å²) in [6, 6.07) is 0. The number of carbonyl (C=O) groups excluding carboxylic acids is 2. The third-order valence-corrected chi connectivity index (χ3v) is 3.46. The van der Waals surface area contributed by atoms with Gasteiger partial charge in [0.05, 0.1) is 0 Å². The molecule has 0 aromatic carbocycles. The summed E-state index contributed by atoms with van der Waals surface area (Å²) >= 11 is 4.18. The lowest BCUT2D eigenvalue weighted by Gasteiger charge is -2.26. The minimum absolute atomic E-state index is 0.0993. The third kappa shape index (κ3) is 4.00. The highest BCUT2D eigenvalue weighted by molar-refractivity contribution is 7.80. The minimum atomic E-state index is -0.165. The van der Waals surface area contributed by atoms with Crippen molar-refractivity contribution in [3.05, 3.63) is 0 Å². The van der Waals surface area contributed by atoms with Gasteiger partial charge in [-0.1, -0.05) is 0 Å². The van der Waals surface area contributed by atoms with Crippen LogP contribution in [0.15, 0.2) is 0 Å². The highest BCUT2D eigenvalue weighted by Gasteiger charge is 2.39. The smallest absolute Gasteiger partial charge is 0.225 e. The van der Waals surface area contributed by atoms with E-state index in [1.807, 2.05) is 0 Å². The van der Waals surface area contributed by atoms with E-state index >= 15 is 0 Å². The molecule has 17 heavy (non-hydrogen) atoms. The summed E-state index contributed by atoms with van der Waals surface area (Å²) in [6.45, 7) is 2.02. The molecule has 1 amide bonds. The molecule has 4 nitrogen and oxygen atoms in total. The number of amides is 1. The van der Waals surface area contributed by atoms with Gasteiger partial charge in [0.25, 0.3) is 0 Å². The Hall–Kier alpha value is -0.550. The molecule has 1 aliphatic heterocycles. The lowest BCUT2D eigenvalue weighted by atomic mass is 10.0. The molecule has 2 unspecified atom stereocenters. The van der Waals surface area contributed by atoms with E-state index in [9.17, 15) is 9.59 Å². The number of likely N-dealkylation sites (tertiary alicyclic amines) is 1. The van der Waals surface area contributed by atoms with E-state index in [4.69, 9.17) is 4.74 Å². The van der Waals surface area contributed by atoms with Crippen molar-refractivity contribution in [3.63, 3.8) is 0 Å². The largest absolute Gasteiger partial charge is 0.361 e. The number of ether oxygens (including phenoxy) is 1. The summed E-state index contributed by atoms with van der Waals surface area (Å²) in [5.41, 5.74) is 0. The summed E-state index contributed by atoms with van der Waals surface area (Å²) < 4.78 is 5.40. The fourth-order valence-electron chi connectivity index (χ4n) is 2.29. The Morgan fingerprint density at radius 2 is 2.29 bits per heavy atom.